The van der Waals surface area contributed by atoms with Crippen molar-refractivity contribution >= 4 is 117 Å². The molecule has 7 aromatic rings. The molecule has 92 heavy (non-hydrogen) atoms. The zero-order chi connectivity index (χ0) is 68.7. The molecular weight excluding hydrogens is 1310 g/mol. The van der Waals surface area contributed by atoms with E-state index >= 15 is 0 Å². The van der Waals surface area contributed by atoms with Crippen molar-refractivity contribution in [1.29, 1.82) is 0 Å². The van der Waals surface area contributed by atoms with E-state index in [9.17, 15) is 49.5 Å². The molecule has 27 heteroatoms. The molecular formula is C65H86N8O12S7. The molecule has 0 saturated heterocycles. The minimum atomic E-state index is -0.478. The highest BCUT2D eigenvalue weighted by Crippen LogP contribution is 2.45. The number of thioether (sulfide) groups is 1. The largest absolute Gasteiger partial charge is 0.426 e. The minimum Gasteiger partial charge on any atom is -0.426 e. The fourth-order valence-corrected chi connectivity index (χ4v) is 13.1. The standard InChI is InChI=1S/2C16H17N3O3S2.C13H10N2O4S2.C9H10O2S.2C3H8.2C2H6.CH4/c2*1-11(12(2)20)18-10-13-6-3-4-8-15(13)23-24-16-14(19(21)22)7-5-9-17-16;1-9(16)19-11-6-2-3-7-12(11)20-21-13-10(15(17)18)5-4-8-14-13;1-7(10)11-8-5-3-4-6-9(8)12-2;2*1-3-2;2*1-2;/h2*3-9,11,18H,10H2,1-2H3;2-8H,1H3;3-6H,1-2H3;2*3H2,1-2H3;2*1-2H3;1H4. The van der Waals surface area contributed by atoms with Crippen LogP contribution in [0.1, 0.15) is 128 Å². The number of nitrogens with zero attached hydrogens (tertiary/aromatic N) is 6. The van der Waals surface area contributed by atoms with Crippen molar-refractivity contribution < 1.29 is 43.4 Å². The van der Waals surface area contributed by atoms with Crippen molar-refractivity contribution in [3.05, 3.63) is 194 Å². The van der Waals surface area contributed by atoms with E-state index in [0.717, 1.165) is 36.6 Å². The van der Waals surface area contributed by atoms with E-state index in [1.807, 2.05) is 115 Å². The van der Waals surface area contributed by atoms with Crippen molar-refractivity contribution in [2.24, 2.45) is 0 Å². The first kappa shape index (κ1) is 87.2. The molecule has 0 aliphatic rings. The zero-order valence-electron chi connectivity index (χ0n) is 53.9. The fourth-order valence-electron chi connectivity index (χ4n) is 5.90. The molecule has 0 amide bonds. The van der Waals surface area contributed by atoms with Gasteiger partial charge in [0, 0.05) is 78.4 Å². The predicted molar refractivity (Wildman–Crippen MR) is 383 cm³/mol. The van der Waals surface area contributed by atoms with Gasteiger partial charge in [0.15, 0.2) is 15.1 Å². The van der Waals surface area contributed by atoms with Gasteiger partial charge in [-0.25, -0.2) is 15.0 Å². The molecule has 0 aliphatic heterocycles. The molecule has 0 saturated carbocycles. The van der Waals surface area contributed by atoms with Gasteiger partial charge in [-0.3, -0.25) is 49.5 Å². The van der Waals surface area contributed by atoms with Gasteiger partial charge in [0.05, 0.1) is 31.7 Å². The average molecular weight is 1400 g/mol. The number of carbonyl (C=O) groups is 4. The van der Waals surface area contributed by atoms with E-state index in [-0.39, 0.29) is 54.1 Å². The van der Waals surface area contributed by atoms with Gasteiger partial charge < -0.3 is 20.1 Å². The van der Waals surface area contributed by atoms with E-state index in [1.165, 1.54) is 124 Å². The van der Waals surface area contributed by atoms with Crippen LogP contribution in [0.3, 0.4) is 0 Å². The number of ketones is 2. The molecule has 2 unspecified atom stereocenters. The molecule has 2 atom stereocenters. The SMILES string of the molecule is C.CC.CC.CC(=O)C(C)NCc1ccccc1SSc1ncccc1[N+](=O)[O-].CC(=O)C(C)NCc1ccccc1SSc1ncccc1[N+](=O)[O-].CC(=O)Oc1ccccc1SSc1ncccc1[N+](=O)[O-].CCC.CCC.CSc1ccccc1OC(C)=O. The molecule has 20 nitrogen and oxygen atoms in total. The number of para-hydroxylation sites is 2. The summed E-state index contributed by atoms with van der Waals surface area (Å²) in [5.74, 6) is 0.518. The Kier molecular flexibility index (Phi) is 49.9. The van der Waals surface area contributed by atoms with Crippen LogP contribution in [0.2, 0.25) is 0 Å². The first-order valence-corrected chi connectivity index (χ1v) is 36.3. The quantitative estimate of drug-likeness (QED) is 0.0150. The van der Waals surface area contributed by atoms with Crippen LogP contribution in [0.25, 0.3) is 0 Å². The second-order valence-corrected chi connectivity index (χ2v) is 24.9. The van der Waals surface area contributed by atoms with E-state index in [4.69, 9.17) is 9.47 Å². The van der Waals surface area contributed by atoms with Crippen LogP contribution in [-0.2, 0) is 32.3 Å². The number of ether oxygens (including phenoxy) is 2. The third kappa shape index (κ3) is 35.8. The van der Waals surface area contributed by atoms with Gasteiger partial charge in [0.1, 0.15) is 23.1 Å². The monoisotopic (exact) mass is 1390 g/mol. The molecule has 0 spiro atoms. The molecule has 500 valence electrons. The van der Waals surface area contributed by atoms with Crippen molar-refractivity contribution in [2.75, 3.05) is 6.26 Å². The lowest BCUT2D eigenvalue weighted by molar-refractivity contribution is -0.388. The topological polar surface area (TPSA) is 279 Å². The first-order chi connectivity index (χ1) is 43.6. The molecule has 0 fully saturated rings. The summed E-state index contributed by atoms with van der Waals surface area (Å²) in [5, 5.41) is 40.4. The smallest absolute Gasteiger partial charge is 0.308 e. The van der Waals surface area contributed by atoms with Crippen LogP contribution in [0.4, 0.5) is 17.1 Å². The first-order valence-electron chi connectivity index (χ1n) is 28.7. The number of carbonyl (C=O) groups excluding carboxylic acids is 4. The number of nitrogens with one attached hydrogen (secondary N) is 2. The summed E-state index contributed by atoms with van der Waals surface area (Å²) in [6, 6.07) is 38.4. The van der Waals surface area contributed by atoms with Gasteiger partial charge in [-0.05, 0) is 143 Å². The van der Waals surface area contributed by atoms with E-state index in [2.05, 4.69) is 53.3 Å². The summed E-state index contributed by atoms with van der Waals surface area (Å²) in [7, 11) is 7.73. The summed E-state index contributed by atoms with van der Waals surface area (Å²) in [4.78, 5) is 91.8. The predicted octanol–water partition coefficient (Wildman–Crippen LogP) is 19.3. The zero-order valence-corrected chi connectivity index (χ0v) is 59.6. The van der Waals surface area contributed by atoms with Gasteiger partial charge in [-0.2, -0.15) is 0 Å². The van der Waals surface area contributed by atoms with Crippen LogP contribution in [0.5, 0.6) is 11.5 Å². The van der Waals surface area contributed by atoms with Gasteiger partial charge in [-0.1, -0.05) is 158 Å². The lowest BCUT2D eigenvalue weighted by atomic mass is 10.2. The number of rotatable bonds is 23. The van der Waals surface area contributed by atoms with Crippen molar-refractivity contribution in [3.63, 3.8) is 0 Å². The van der Waals surface area contributed by atoms with Crippen LogP contribution in [0.15, 0.2) is 187 Å². The third-order valence-electron chi connectivity index (χ3n) is 10.3. The van der Waals surface area contributed by atoms with Crippen LogP contribution < -0.4 is 20.1 Å². The van der Waals surface area contributed by atoms with Gasteiger partial charge >= 0.3 is 29.0 Å². The summed E-state index contributed by atoms with van der Waals surface area (Å²) in [5.41, 5.74) is 2.00. The Morgan fingerprint density at radius 2 is 0.717 bits per heavy atom. The van der Waals surface area contributed by atoms with Crippen molar-refractivity contribution in [1.82, 2.24) is 25.6 Å². The summed E-state index contributed by atoms with van der Waals surface area (Å²) >= 11 is 1.56. The van der Waals surface area contributed by atoms with Crippen molar-refractivity contribution in [3.8, 4) is 11.5 Å². The number of Topliss-reactive ketones (excluding diaryl/α,β-unsaturated/α-hetero) is 2. The van der Waals surface area contributed by atoms with Gasteiger partial charge in [0.25, 0.3) is 0 Å². The van der Waals surface area contributed by atoms with Gasteiger partial charge in [0.2, 0.25) is 0 Å². The molecule has 3 heterocycles. The minimum absolute atomic E-state index is 0. The number of hydrogen-bond donors (Lipinski definition) is 2. The maximum absolute atomic E-state index is 11.3. The number of benzene rings is 4. The molecule has 7 rings (SSSR count). The number of pyridine rings is 3. The lowest BCUT2D eigenvalue weighted by Gasteiger charge is -2.13. The Balaban J connectivity index is 0. The van der Waals surface area contributed by atoms with Gasteiger partial charge in [-0.15, -0.1) is 11.8 Å². The Hall–Kier alpha value is -6.82. The normalized spacial score (nSPS) is 10.3. The molecule has 0 bridgehead atoms. The fraction of sp³-hybridized carbons (Fsp3) is 0.338. The number of aromatic nitrogens is 3. The van der Waals surface area contributed by atoms with Crippen LogP contribution in [0, 0.1) is 30.3 Å². The molecule has 0 radical (unpaired) electrons. The maximum atomic E-state index is 11.3. The second kappa shape index (κ2) is 52.6. The Morgan fingerprint density at radius 1 is 0.446 bits per heavy atom. The highest BCUT2D eigenvalue weighted by Gasteiger charge is 2.20. The second-order valence-electron chi connectivity index (χ2n) is 17.6. The number of esters is 2. The summed E-state index contributed by atoms with van der Waals surface area (Å²) in [6.07, 6.45) is 9.02. The maximum Gasteiger partial charge on any atom is 0.308 e. The number of hydrogen-bond acceptors (Lipinski definition) is 24. The van der Waals surface area contributed by atoms with E-state index in [1.54, 1.807) is 68.1 Å². The molecule has 3 aromatic heterocycles. The highest BCUT2D eigenvalue weighted by molar-refractivity contribution is 8.77. The van der Waals surface area contributed by atoms with E-state index < -0.39 is 20.7 Å². The van der Waals surface area contributed by atoms with Crippen LogP contribution >= 0.6 is 76.5 Å². The highest BCUT2D eigenvalue weighted by atomic mass is 33.1. The Labute approximate surface area is 570 Å². The third-order valence-corrected chi connectivity index (χ3v) is 18.2. The van der Waals surface area contributed by atoms with E-state index in [0.29, 0.717) is 44.6 Å². The van der Waals surface area contributed by atoms with Crippen molar-refractivity contribution in [2.45, 2.75) is 177 Å². The number of nitro groups is 3. The molecule has 2 N–H and O–H groups in total. The lowest BCUT2D eigenvalue weighted by Crippen LogP contribution is -2.31. The summed E-state index contributed by atoms with van der Waals surface area (Å²) in [6.45, 7) is 27.1. The average Bonchev–Trinajstić information content (AvgIpc) is 1.23. The molecule has 0 aliphatic carbocycles. The summed E-state index contributed by atoms with van der Waals surface area (Å²) < 4.78 is 10.1. The molecule has 4 aromatic carbocycles. The van der Waals surface area contributed by atoms with Crippen LogP contribution in [-0.4, -0.2) is 71.6 Å². The Morgan fingerprint density at radius 3 is 1.01 bits per heavy atom. The Bertz CT molecular complexity index is 3190.